The summed E-state index contributed by atoms with van der Waals surface area (Å²) in [5, 5.41) is 1.41. The van der Waals surface area contributed by atoms with Crippen LogP contribution in [0.4, 0.5) is 0 Å². The van der Waals surface area contributed by atoms with Gasteiger partial charge in [-0.1, -0.05) is 12.2 Å². The predicted molar refractivity (Wildman–Crippen MR) is 46.7 cm³/mol. The molecule has 0 heterocycles. The summed E-state index contributed by atoms with van der Waals surface area (Å²) in [6.45, 7) is -0.271. The zero-order valence-electron chi connectivity index (χ0n) is 5.11. The van der Waals surface area contributed by atoms with Gasteiger partial charge < -0.3 is 9.42 Å². The van der Waals surface area contributed by atoms with Crippen molar-refractivity contribution >= 4 is 35.9 Å². The molecule has 54 valence electrons. The van der Waals surface area contributed by atoms with Gasteiger partial charge in [-0.15, -0.1) is 0 Å². The second kappa shape index (κ2) is 4.47. The van der Waals surface area contributed by atoms with Gasteiger partial charge >= 0.3 is 0 Å². The summed E-state index contributed by atoms with van der Waals surface area (Å²) in [7, 11) is 0. The molecule has 0 amide bonds. The van der Waals surface area contributed by atoms with E-state index in [4.69, 9.17) is 9.42 Å². The number of thiocarbonyl (C=S) groups is 1. The molecule has 1 N–H and O–H groups in total. The first kappa shape index (κ1) is 9.66. The van der Waals surface area contributed by atoms with Gasteiger partial charge in [0, 0.05) is 0 Å². The molecule has 5 heteroatoms. The molecular formula is C4H9O2PS2. The molecule has 0 aliphatic carbocycles. The number of hydrogen-bond acceptors (Lipinski definition) is 3. The van der Waals surface area contributed by atoms with Crippen molar-refractivity contribution in [1.29, 1.82) is 0 Å². The summed E-state index contributed by atoms with van der Waals surface area (Å²) in [5.74, 6) is 0. The molecule has 2 nitrogen and oxygen atoms in total. The SMILES string of the molecule is CCOP(O)(=S)CC=S. The second-order valence-corrected chi connectivity index (χ2v) is 5.35. The molecule has 0 aromatic heterocycles. The first-order valence-corrected chi connectivity index (χ1v) is 5.85. The average Bonchev–Trinajstić information content (AvgIpc) is 1.64. The van der Waals surface area contributed by atoms with Crippen molar-refractivity contribution in [3.05, 3.63) is 0 Å². The topological polar surface area (TPSA) is 29.5 Å². The van der Waals surface area contributed by atoms with Gasteiger partial charge in [-0.3, -0.25) is 0 Å². The molecule has 9 heavy (non-hydrogen) atoms. The summed E-state index contributed by atoms with van der Waals surface area (Å²) in [6.07, 6.45) is 0.325. The third kappa shape index (κ3) is 5.12. The van der Waals surface area contributed by atoms with Crippen LogP contribution in [0.25, 0.3) is 0 Å². The Morgan fingerprint density at radius 2 is 2.33 bits per heavy atom. The molecule has 0 bridgehead atoms. The summed E-state index contributed by atoms with van der Waals surface area (Å²) < 4.78 is 4.85. The van der Waals surface area contributed by atoms with E-state index in [0.717, 1.165) is 0 Å². The van der Waals surface area contributed by atoms with Gasteiger partial charge in [-0.2, -0.15) is 0 Å². The Morgan fingerprint density at radius 1 is 1.78 bits per heavy atom. The maximum Gasteiger partial charge on any atom is 0.190 e. The maximum absolute atomic E-state index is 9.12. The van der Waals surface area contributed by atoms with Gasteiger partial charge in [0.2, 0.25) is 0 Å². The predicted octanol–water partition coefficient (Wildman–Crippen LogP) is 1.32. The van der Waals surface area contributed by atoms with Crippen LogP contribution in [-0.4, -0.2) is 23.0 Å². The van der Waals surface area contributed by atoms with E-state index >= 15 is 0 Å². The summed E-state index contributed by atoms with van der Waals surface area (Å²) in [4.78, 5) is 9.12. The fourth-order valence-corrected chi connectivity index (χ4v) is 2.47. The minimum atomic E-state index is -2.52. The zero-order valence-corrected chi connectivity index (χ0v) is 7.64. The smallest absolute Gasteiger partial charge is 0.190 e. The van der Waals surface area contributed by atoms with Crippen molar-refractivity contribution in [1.82, 2.24) is 0 Å². The van der Waals surface area contributed by atoms with E-state index in [1.807, 2.05) is 0 Å². The minimum absolute atomic E-state index is 0.325. The van der Waals surface area contributed by atoms with Crippen molar-refractivity contribution in [3.8, 4) is 0 Å². The zero-order chi connectivity index (χ0) is 7.33. The van der Waals surface area contributed by atoms with E-state index in [-0.39, 0.29) is 0 Å². The van der Waals surface area contributed by atoms with Crippen LogP contribution in [0.3, 0.4) is 0 Å². The Hall–Kier alpha value is 0.660. The molecule has 1 unspecified atom stereocenters. The van der Waals surface area contributed by atoms with Crippen molar-refractivity contribution in [3.63, 3.8) is 0 Å². The van der Waals surface area contributed by atoms with Crippen LogP contribution < -0.4 is 0 Å². The van der Waals surface area contributed by atoms with Crippen LogP contribution >= 0.6 is 18.7 Å². The lowest BCUT2D eigenvalue weighted by molar-refractivity contribution is 0.330. The van der Waals surface area contributed by atoms with Crippen LogP contribution in [0, 0.1) is 0 Å². The molecule has 0 aliphatic heterocycles. The molecule has 0 aromatic rings. The normalized spacial score (nSPS) is 16.7. The molecule has 0 fully saturated rings. The molecule has 0 radical (unpaired) electrons. The van der Waals surface area contributed by atoms with Crippen molar-refractivity contribution in [2.75, 3.05) is 12.8 Å². The van der Waals surface area contributed by atoms with E-state index in [0.29, 0.717) is 12.8 Å². The minimum Gasteiger partial charge on any atom is -0.345 e. The Bertz CT molecular complexity index is 137. The van der Waals surface area contributed by atoms with E-state index in [1.54, 1.807) is 6.92 Å². The lowest BCUT2D eigenvalue weighted by atomic mass is 10.9. The summed E-state index contributed by atoms with van der Waals surface area (Å²) in [6, 6.07) is 0. The van der Waals surface area contributed by atoms with Gasteiger partial charge in [0.15, 0.2) is 6.49 Å². The van der Waals surface area contributed by atoms with Crippen LogP contribution in [0.2, 0.25) is 0 Å². The number of hydrogen-bond donors (Lipinski definition) is 1. The highest BCUT2D eigenvalue weighted by Crippen LogP contribution is 2.40. The third-order valence-electron chi connectivity index (χ3n) is 0.636. The Labute approximate surface area is 65.4 Å². The van der Waals surface area contributed by atoms with E-state index in [9.17, 15) is 0 Å². The lowest BCUT2D eigenvalue weighted by Crippen LogP contribution is -1.93. The summed E-state index contributed by atoms with van der Waals surface area (Å²) >= 11 is 9.20. The van der Waals surface area contributed by atoms with Crippen LogP contribution in [0.15, 0.2) is 0 Å². The van der Waals surface area contributed by atoms with E-state index in [1.165, 1.54) is 5.37 Å². The van der Waals surface area contributed by atoms with E-state index < -0.39 is 6.49 Å². The Morgan fingerprint density at radius 3 is 2.67 bits per heavy atom. The Kier molecular flexibility index (Phi) is 4.80. The molecule has 0 rings (SSSR count). The number of rotatable bonds is 4. The molecule has 0 aromatic carbocycles. The second-order valence-electron chi connectivity index (χ2n) is 1.40. The quantitative estimate of drug-likeness (QED) is 0.527. The first-order valence-electron chi connectivity index (χ1n) is 2.52. The van der Waals surface area contributed by atoms with Gasteiger partial charge in [0.05, 0.1) is 12.8 Å². The van der Waals surface area contributed by atoms with Crippen LogP contribution in [0.5, 0.6) is 0 Å². The van der Waals surface area contributed by atoms with E-state index in [2.05, 4.69) is 24.0 Å². The molecule has 1 atom stereocenters. The van der Waals surface area contributed by atoms with Gasteiger partial charge in [0.25, 0.3) is 0 Å². The van der Waals surface area contributed by atoms with Gasteiger partial charge in [-0.05, 0) is 24.1 Å². The monoisotopic (exact) mass is 184 g/mol. The fraction of sp³-hybridized carbons (Fsp3) is 0.750. The van der Waals surface area contributed by atoms with Crippen molar-refractivity contribution in [2.24, 2.45) is 0 Å². The highest BCUT2D eigenvalue weighted by Gasteiger charge is 2.08. The third-order valence-corrected chi connectivity index (χ3v) is 3.12. The van der Waals surface area contributed by atoms with Gasteiger partial charge in [-0.25, -0.2) is 0 Å². The van der Waals surface area contributed by atoms with Gasteiger partial charge in [0.1, 0.15) is 0 Å². The van der Waals surface area contributed by atoms with Crippen molar-refractivity contribution < 1.29 is 9.42 Å². The van der Waals surface area contributed by atoms with Crippen molar-refractivity contribution in [2.45, 2.75) is 6.92 Å². The molecule has 0 saturated carbocycles. The van der Waals surface area contributed by atoms with Crippen LogP contribution in [-0.2, 0) is 16.3 Å². The standard InChI is InChI=1S/C4H9O2PS2/c1-2-6-7(5,9)3-4-8/h4H,2-3H2,1H3,(H,5,9). The van der Waals surface area contributed by atoms with Crippen LogP contribution in [0.1, 0.15) is 6.92 Å². The molecular weight excluding hydrogens is 175 g/mol. The lowest BCUT2D eigenvalue weighted by Gasteiger charge is -2.10. The summed E-state index contributed by atoms with van der Waals surface area (Å²) in [5.41, 5.74) is 0. The highest BCUT2D eigenvalue weighted by atomic mass is 32.5. The maximum atomic E-state index is 9.12. The average molecular weight is 184 g/mol. The first-order chi connectivity index (χ1) is 4.12. The molecule has 0 aliphatic rings. The molecule has 0 saturated heterocycles. The fourth-order valence-electron chi connectivity index (χ4n) is 0.349. The largest absolute Gasteiger partial charge is 0.345 e. The molecule has 0 spiro atoms. The Balaban J connectivity index is 3.71. The highest BCUT2D eigenvalue weighted by molar-refractivity contribution is 8.10.